The number of H-pyrrole nitrogens is 1. The number of nitrogens with zero attached hydrogens (tertiary/aromatic N) is 3. The third kappa shape index (κ3) is 4.73. The number of rotatable bonds is 7. The third-order valence-corrected chi connectivity index (χ3v) is 16.0. The van der Waals surface area contributed by atoms with Gasteiger partial charge in [-0.25, -0.2) is 4.79 Å². The second-order valence-corrected chi connectivity index (χ2v) is 18.3. The van der Waals surface area contributed by atoms with Crippen LogP contribution in [0.5, 0.6) is 5.75 Å². The van der Waals surface area contributed by atoms with E-state index in [1.807, 2.05) is 37.1 Å². The molecule has 7 heterocycles. The van der Waals surface area contributed by atoms with Crippen LogP contribution in [0.15, 0.2) is 48.6 Å². The third-order valence-electron chi connectivity index (χ3n) is 16.0. The Hall–Kier alpha value is -4.43. The summed E-state index contributed by atoms with van der Waals surface area (Å²) in [5, 5.41) is 14.4. The molecule has 1 aromatic heterocycles. The van der Waals surface area contributed by atoms with Gasteiger partial charge in [0.15, 0.2) is 6.10 Å². The summed E-state index contributed by atoms with van der Waals surface area (Å²) in [5.41, 5.74) is -0.627. The molecule has 59 heavy (non-hydrogen) atoms. The number of benzene rings is 2. The van der Waals surface area contributed by atoms with E-state index >= 15 is 4.79 Å². The number of hydrogen-bond acceptors (Lipinski definition) is 12. The van der Waals surface area contributed by atoms with Gasteiger partial charge < -0.3 is 38.7 Å². The maximum absolute atomic E-state index is 15.4. The van der Waals surface area contributed by atoms with Gasteiger partial charge in [-0.15, -0.1) is 0 Å². The fourth-order valence-electron chi connectivity index (χ4n) is 13.9. The number of ether oxygens (including phenoxy) is 5. The summed E-state index contributed by atoms with van der Waals surface area (Å²) in [4.78, 5) is 53.5. The van der Waals surface area contributed by atoms with Crippen LogP contribution in [-0.4, -0.2) is 134 Å². The van der Waals surface area contributed by atoms with Crippen molar-refractivity contribution < 1.29 is 43.2 Å². The first-order chi connectivity index (χ1) is 28.3. The summed E-state index contributed by atoms with van der Waals surface area (Å²) in [5.74, 6) is -1.37. The fourth-order valence-corrected chi connectivity index (χ4v) is 13.9. The van der Waals surface area contributed by atoms with Crippen molar-refractivity contribution in [1.82, 2.24) is 14.8 Å². The average molecular weight is 809 g/mol. The topological polar surface area (TPSA) is 146 Å². The Morgan fingerprint density at radius 3 is 2.49 bits per heavy atom. The molecule has 1 unspecified atom stereocenters. The molecular formula is C46H56N4O9. The van der Waals surface area contributed by atoms with Gasteiger partial charge in [-0.3, -0.25) is 19.4 Å². The molecule has 2 N–H and O–H groups in total. The van der Waals surface area contributed by atoms with E-state index in [1.54, 1.807) is 7.11 Å². The van der Waals surface area contributed by atoms with E-state index in [2.05, 4.69) is 52.1 Å². The Morgan fingerprint density at radius 1 is 1.00 bits per heavy atom. The minimum absolute atomic E-state index is 0.00603. The van der Waals surface area contributed by atoms with Crippen LogP contribution < -0.4 is 9.64 Å². The van der Waals surface area contributed by atoms with Crippen LogP contribution in [0.3, 0.4) is 0 Å². The first kappa shape index (κ1) is 38.8. The molecular weight excluding hydrogens is 753 g/mol. The number of esters is 3. The monoisotopic (exact) mass is 808 g/mol. The lowest BCUT2D eigenvalue weighted by atomic mass is 9.47. The molecule has 0 amide bonds. The van der Waals surface area contributed by atoms with E-state index in [9.17, 15) is 14.7 Å². The number of methoxy groups -OCH3 is 3. The number of aromatic amines is 1. The first-order valence-electron chi connectivity index (χ1n) is 21.3. The van der Waals surface area contributed by atoms with Gasteiger partial charge in [0.25, 0.3) is 0 Å². The van der Waals surface area contributed by atoms with E-state index in [-0.39, 0.29) is 23.7 Å². The van der Waals surface area contributed by atoms with Gasteiger partial charge in [-0.2, -0.15) is 0 Å². The Labute approximate surface area is 344 Å². The van der Waals surface area contributed by atoms with Crippen molar-refractivity contribution in [3.63, 3.8) is 0 Å². The summed E-state index contributed by atoms with van der Waals surface area (Å²) in [6.45, 7) is 9.32. The predicted molar refractivity (Wildman–Crippen MR) is 218 cm³/mol. The number of para-hydroxylation sites is 1. The molecule has 10 rings (SSSR count). The van der Waals surface area contributed by atoms with E-state index in [1.165, 1.54) is 21.1 Å². The van der Waals surface area contributed by atoms with Gasteiger partial charge in [0.2, 0.25) is 5.60 Å². The highest BCUT2D eigenvalue weighted by Crippen LogP contribution is 2.68. The Bertz CT molecular complexity index is 2310. The SMILES string of the molecule is CC[C@]12CN3CCc4c([nH]c5ccccc45)[C@](C(=O)OC)(c4cc5c(cc4OC)N(C)[C@@H]4[C@](O)(C(=O)OC)[C@H](OC(C)=O)[C@]6(CC)C=CCN7CC[C@@]54[C@@H]76)C[C@@H](C3)[C@H]1O2. The molecule has 6 aliphatic heterocycles. The molecule has 1 saturated carbocycles. The van der Waals surface area contributed by atoms with E-state index in [0.717, 1.165) is 59.5 Å². The number of carbonyl (C=O) groups excluding carboxylic acids is 3. The van der Waals surface area contributed by atoms with Crippen LogP contribution in [-0.2, 0) is 50.6 Å². The minimum Gasteiger partial charge on any atom is -0.496 e. The number of carbonyl (C=O) groups is 3. The number of anilines is 1. The molecule has 11 atom stereocenters. The quantitative estimate of drug-likeness (QED) is 0.154. The van der Waals surface area contributed by atoms with Crippen molar-refractivity contribution in [1.29, 1.82) is 0 Å². The number of piperidine rings is 1. The van der Waals surface area contributed by atoms with Crippen LogP contribution in [0.25, 0.3) is 10.9 Å². The molecule has 1 spiro atoms. The predicted octanol–water partition coefficient (Wildman–Crippen LogP) is 4.01. The van der Waals surface area contributed by atoms with Crippen molar-refractivity contribution in [2.24, 2.45) is 11.3 Å². The Kier molecular flexibility index (Phi) is 8.56. The van der Waals surface area contributed by atoms with Gasteiger partial charge in [0.1, 0.15) is 16.8 Å². The number of aromatic nitrogens is 1. The van der Waals surface area contributed by atoms with Gasteiger partial charge >= 0.3 is 17.9 Å². The highest BCUT2D eigenvalue weighted by atomic mass is 16.6. The van der Waals surface area contributed by atoms with Crippen LogP contribution in [0.4, 0.5) is 5.69 Å². The number of nitrogens with one attached hydrogen (secondary N) is 1. The number of aliphatic hydroxyl groups is 1. The summed E-state index contributed by atoms with van der Waals surface area (Å²) >= 11 is 0. The number of epoxide rings is 1. The number of fused-ring (bicyclic) bond motifs is 8. The van der Waals surface area contributed by atoms with Crippen LogP contribution in [0.1, 0.15) is 68.8 Å². The van der Waals surface area contributed by atoms with Gasteiger partial charge in [0.05, 0.1) is 33.5 Å². The zero-order valence-corrected chi connectivity index (χ0v) is 35.1. The molecule has 4 fully saturated rings. The summed E-state index contributed by atoms with van der Waals surface area (Å²) in [6.07, 6.45) is 5.94. The fraction of sp³-hybridized carbons (Fsp3) is 0.587. The zero-order valence-electron chi connectivity index (χ0n) is 35.1. The van der Waals surface area contributed by atoms with Crippen molar-refractivity contribution in [3.8, 4) is 5.75 Å². The van der Waals surface area contributed by atoms with E-state index in [0.29, 0.717) is 50.1 Å². The molecule has 314 valence electrons. The maximum Gasteiger partial charge on any atom is 0.344 e. The lowest BCUT2D eigenvalue weighted by Gasteiger charge is -2.63. The zero-order chi connectivity index (χ0) is 41.4. The summed E-state index contributed by atoms with van der Waals surface area (Å²) in [7, 11) is 6.23. The molecule has 2 aromatic carbocycles. The first-order valence-corrected chi connectivity index (χ1v) is 21.3. The lowest BCUT2D eigenvalue weighted by molar-refractivity contribution is -0.228. The standard InChI is InChI=1S/C46H56N4O9/c1-8-42-16-12-18-50-20-17-44(37(42)50)30-21-31(34(55-5)22-33(30)48(4)38(44)46(54,41(53)57-7)39(42)58-26(3)51)45(40(52)56-6)23-27-24-49(25-43(9-2)36(27)59-43)19-15-29-28-13-10-11-14-32(28)47-35(29)45/h10-14,16,21-22,27,36-39,47,54H,8-9,15,17-20,23-25H2,1-7H3/t27-,36+,37-,38-,39+,42+,43-,44-,45+,46+/m0/s1. The molecule has 13 heteroatoms. The smallest absolute Gasteiger partial charge is 0.344 e. The van der Waals surface area contributed by atoms with Crippen LogP contribution in [0, 0.1) is 11.3 Å². The molecule has 2 bridgehead atoms. The Morgan fingerprint density at radius 2 is 1.78 bits per heavy atom. The summed E-state index contributed by atoms with van der Waals surface area (Å²) in [6, 6.07) is 11.2. The van der Waals surface area contributed by atoms with Crippen molar-refractivity contribution >= 4 is 34.5 Å². The number of likely N-dealkylation sites (N-methyl/N-ethyl adjacent to an activating group) is 1. The van der Waals surface area contributed by atoms with Crippen molar-refractivity contribution in [2.75, 3.05) is 66.0 Å². The van der Waals surface area contributed by atoms with Crippen molar-refractivity contribution in [3.05, 3.63) is 70.9 Å². The molecule has 7 aliphatic rings. The molecule has 13 nitrogen and oxygen atoms in total. The maximum atomic E-state index is 15.4. The minimum atomic E-state index is -2.29. The summed E-state index contributed by atoms with van der Waals surface area (Å²) < 4.78 is 30.7. The molecule has 3 saturated heterocycles. The van der Waals surface area contributed by atoms with Gasteiger partial charge in [-0.1, -0.05) is 44.2 Å². The van der Waals surface area contributed by atoms with Gasteiger partial charge in [-0.05, 0) is 61.9 Å². The second-order valence-electron chi connectivity index (χ2n) is 18.3. The normalized spacial score (nSPS) is 38.7. The lowest BCUT2D eigenvalue weighted by Crippen LogP contribution is -2.81. The molecule has 1 aliphatic carbocycles. The van der Waals surface area contributed by atoms with E-state index in [4.69, 9.17) is 23.7 Å². The highest BCUT2D eigenvalue weighted by Gasteiger charge is 2.80. The number of hydrogen-bond donors (Lipinski definition) is 2. The highest BCUT2D eigenvalue weighted by molar-refractivity contribution is 5.95. The van der Waals surface area contributed by atoms with Gasteiger partial charge in [0, 0.05) is 96.9 Å². The second kappa shape index (κ2) is 13.0. The van der Waals surface area contributed by atoms with Crippen molar-refractivity contribution in [2.45, 2.75) is 99.2 Å². The average Bonchev–Trinajstić information content (AvgIpc) is 3.53. The molecule has 0 radical (unpaired) electrons. The largest absolute Gasteiger partial charge is 0.496 e. The Balaban J connectivity index is 1.28. The molecule has 3 aromatic rings. The van der Waals surface area contributed by atoms with Crippen LogP contribution in [0.2, 0.25) is 0 Å². The van der Waals surface area contributed by atoms with E-state index < -0.39 is 51.9 Å². The van der Waals surface area contributed by atoms with Crippen LogP contribution >= 0.6 is 0 Å².